The van der Waals surface area contributed by atoms with Gasteiger partial charge in [-0.1, -0.05) is 23.7 Å². The first kappa shape index (κ1) is 23.0. The van der Waals surface area contributed by atoms with E-state index >= 15 is 0 Å². The zero-order valence-electron chi connectivity index (χ0n) is 19.4. The Morgan fingerprint density at radius 1 is 1.00 bits per heavy atom. The second-order valence-corrected chi connectivity index (χ2v) is 8.75. The highest BCUT2D eigenvalue weighted by Crippen LogP contribution is 2.39. The van der Waals surface area contributed by atoms with E-state index in [0.29, 0.717) is 41.7 Å². The van der Waals surface area contributed by atoms with Gasteiger partial charge in [-0.15, -0.1) is 0 Å². The van der Waals surface area contributed by atoms with E-state index in [4.69, 9.17) is 25.8 Å². The van der Waals surface area contributed by atoms with Gasteiger partial charge >= 0.3 is 0 Å². The van der Waals surface area contributed by atoms with Crippen LogP contribution in [-0.2, 0) is 6.42 Å². The van der Waals surface area contributed by atoms with Gasteiger partial charge in [0, 0.05) is 17.1 Å². The molecule has 0 saturated carbocycles. The van der Waals surface area contributed by atoms with Crippen molar-refractivity contribution in [2.24, 2.45) is 0 Å². The molecule has 1 atom stereocenters. The molecule has 33 heavy (non-hydrogen) atoms. The number of hydrogen-bond acceptors (Lipinski definition) is 4. The lowest BCUT2D eigenvalue weighted by Crippen LogP contribution is -2.42. The van der Waals surface area contributed by atoms with Crippen LogP contribution in [0.5, 0.6) is 17.2 Å². The molecule has 0 fully saturated rings. The Morgan fingerprint density at radius 2 is 1.70 bits per heavy atom. The summed E-state index contributed by atoms with van der Waals surface area (Å²) in [5, 5.41) is 0.535. The fourth-order valence-electron chi connectivity index (χ4n) is 4.43. The second-order valence-electron chi connectivity index (χ2n) is 8.32. The summed E-state index contributed by atoms with van der Waals surface area (Å²) >= 11 is 6.16. The van der Waals surface area contributed by atoms with E-state index in [1.54, 1.807) is 38.5 Å². The van der Waals surface area contributed by atoms with Gasteiger partial charge in [0.15, 0.2) is 11.5 Å². The number of fused-ring (bicyclic) bond motifs is 1. The molecule has 0 saturated heterocycles. The average molecular weight is 466 g/mol. The SMILES string of the molecule is COc1cc2c(cc1OC)C(COc1cc(C)cc(C)c1)N(C(=O)c1cccc(Cl)c1)CC2. The standard InChI is InChI=1S/C27H28ClNO4/c1-17-10-18(2)12-22(11-17)33-16-24-23-15-26(32-4)25(31-3)14-19(23)8-9-29(24)27(30)20-6-5-7-21(28)13-20/h5-7,10-15,24H,8-9,16H2,1-4H3. The molecule has 1 heterocycles. The molecule has 0 spiro atoms. The van der Waals surface area contributed by atoms with Gasteiger partial charge in [0.2, 0.25) is 0 Å². The monoisotopic (exact) mass is 465 g/mol. The molecule has 172 valence electrons. The summed E-state index contributed by atoms with van der Waals surface area (Å²) in [4.78, 5) is 15.4. The summed E-state index contributed by atoms with van der Waals surface area (Å²) in [6.45, 7) is 4.97. The number of nitrogens with zero attached hydrogens (tertiary/aromatic N) is 1. The Morgan fingerprint density at radius 3 is 2.36 bits per heavy atom. The van der Waals surface area contributed by atoms with E-state index < -0.39 is 0 Å². The van der Waals surface area contributed by atoms with Crippen LogP contribution in [-0.4, -0.2) is 38.2 Å². The summed E-state index contributed by atoms with van der Waals surface area (Å²) in [6, 6.07) is 16.8. The van der Waals surface area contributed by atoms with Crippen LogP contribution in [0, 0.1) is 13.8 Å². The van der Waals surface area contributed by atoms with Crippen molar-refractivity contribution in [2.75, 3.05) is 27.4 Å². The second kappa shape index (κ2) is 9.75. The van der Waals surface area contributed by atoms with Crippen molar-refractivity contribution in [3.05, 3.63) is 87.4 Å². The minimum atomic E-state index is -0.291. The largest absolute Gasteiger partial charge is 0.493 e. The number of amides is 1. The average Bonchev–Trinajstić information content (AvgIpc) is 2.80. The van der Waals surface area contributed by atoms with Crippen LogP contribution in [0.1, 0.15) is 38.7 Å². The third kappa shape index (κ3) is 4.93. The Balaban J connectivity index is 1.72. The van der Waals surface area contributed by atoms with Gasteiger partial charge in [-0.2, -0.15) is 0 Å². The van der Waals surface area contributed by atoms with Crippen molar-refractivity contribution in [1.29, 1.82) is 0 Å². The zero-order chi connectivity index (χ0) is 23.5. The molecule has 1 amide bonds. The molecule has 0 aromatic heterocycles. The number of carbonyl (C=O) groups excluding carboxylic acids is 1. The van der Waals surface area contributed by atoms with Crippen LogP contribution in [0.15, 0.2) is 54.6 Å². The minimum Gasteiger partial charge on any atom is -0.493 e. The number of ether oxygens (including phenoxy) is 3. The molecule has 5 nitrogen and oxygen atoms in total. The van der Waals surface area contributed by atoms with E-state index in [-0.39, 0.29) is 11.9 Å². The maximum absolute atomic E-state index is 13.5. The van der Waals surface area contributed by atoms with Gasteiger partial charge < -0.3 is 19.1 Å². The number of carbonyl (C=O) groups is 1. The van der Waals surface area contributed by atoms with Crippen molar-refractivity contribution in [3.8, 4) is 17.2 Å². The molecule has 1 unspecified atom stereocenters. The molecular weight excluding hydrogens is 438 g/mol. The van der Waals surface area contributed by atoms with Crippen LogP contribution >= 0.6 is 11.6 Å². The molecule has 4 rings (SSSR count). The van der Waals surface area contributed by atoms with E-state index in [9.17, 15) is 4.79 Å². The first-order chi connectivity index (χ1) is 15.9. The molecule has 0 N–H and O–H groups in total. The minimum absolute atomic E-state index is 0.0769. The van der Waals surface area contributed by atoms with Crippen LogP contribution in [0.3, 0.4) is 0 Å². The molecule has 3 aromatic carbocycles. The summed E-state index contributed by atoms with van der Waals surface area (Å²) < 4.78 is 17.3. The van der Waals surface area contributed by atoms with Crippen molar-refractivity contribution in [3.63, 3.8) is 0 Å². The Kier molecular flexibility index (Phi) is 6.80. The third-order valence-electron chi connectivity index (χ3n) is 5.94. The first-order valence-corrected chi connectivity index (χ1v) is 11.3. The summed E-state index contributed by atoms with van der Waals surface area (Å²) in [6.07, 6.45) is 0.710. The predicted octanol–water partition coefficient (Wildman–Crippen LogP) is 5.79. The summed E-state index contributed by atoms with van der Waals surface area (Å²) in [7, 11) is 3.24. The van der Waals surface area contributed by atoms with Crippen LogP contribution in [0.2, 0.25) is 5.02 Å². The van der Waals surface area contributed by atoms with Crippen molar-refractivity contribution < 1.29 is 19.0 Å². The third-order valence-corrected chi connectivity index (χ3v) is 6.17. The van der Waals surface area contributed by atoms with E-state index in [1.807, 2.05) is 43.0 Å². The van der Waals surface area contributed by atoms with E-state index in [2.05, 4.69) is 6.07 Å². The Bertz CT molecular complexity index is 1160. The molecule has 0 aliphatic carbocycles. The molecule has 0 bridgehead atoms. The van der Waals surface area contributed by atoms with Gasteiger partial charge in [0.05, 0.1) is 20.3 Å². The summed E-state index contributed by atoms with van der Waals surface area (Å²) in [5.41, 5.74) is 4.94. The highest BCUT2D eigenvalue weighted by molar-refractivity contribution is 6.30. The van der Waals surface area contributed by atoms with Crippen molar-refractivity contribution in [2.45, 2.75) is 26.3 Å². The summed E-state index contributed by atoms with van der Waals surface area (Å²) in [5.74, 6) is 2.02. The first-order valence-electron chi connectivity index (χ1n) is 10.9. The molecule has 3 aromatic rings. The van der Waals surface area contributed by atoms with Gasteiger partial charge in [-0.05, 0) is 85.0 Å². The number of benzene rings is 3. The van der Waals surface area contributed by atoms with Crippen LogP contribution < -0.4 is 14.2 Å². The quantitative estimate of drug-likeness (QED) is 0.462. The fraction of sp³-hybridized carbons (Fsp3) is 0.296. The lowest BCUT2D eigenvalue weighted by Gasteiger charge is -2.37. The Hall–Kier alpha value is -3.18. The lowest BCUT2D eigenvalue weighted by molar-refractivity contribution is 0.0589. The molecule has 0 radical (unpaired) electrons. The molecule has 6 heteroatoms. The number of methoxy groups -OCH3 is 2. The lowest BCUT2D eigenvalue weighted by atomic mass is 9.91. The van der Waals surface area contributed by atoms with Gasteiger partial charge in [0.25, 0.3) is 5.91 Å². The number of hydrogen-bond donors (Lipinski definition) is 0. The van der Waals surface area contributed by atoms with Gasteiger partial charge in [-0.3, -0.25) is 4.79 Å². The van der Waals surface area contributed by atoms with Gasteiger partial charge in [-0.25, -0.2) is 0 Å². The van der Waals surface area contributed by atoms with Gasteiger partial charge in [0.1, 0.15) is 12.4 Å². The number of halogens is 1. The Labute approximate surface area is 199 Å². The number of rotatable bonds is 6. The van der Waals surface area contributed by atoms with Crippen LogP contribution in [0.25, 0.3) is 0 Å². The highest BCUT2D eigenvalue weighted by atomic mass is 35.5. The highest BCUT2D eigenvalue weighted by Gasteiger charge is 2.33. The van der Waals surface area contributed by atoms with E-state index in [1.165, 1.54) is 0 Å². The molecule has 1 aliphatic heterocycles. The number of aryl methyl sites for hydroxylation is 2. The normalized spacial score (nSPS) is 15.1. The van der Waals surface area contributed by atoms with Crippen LogP contribution in [0.4, 0.5) is 0 Å². The smallest absolute Gasteiger partial charge is 0.254 e. The zero-order valence-corrected chi connectivity index (χ0v) is 20.1. The maximum atomic E-state index is 13.5. The predicted molar refractivity (Wildman–Crippen MR) is 130 cm³/mol. The van der Waals surface area contributed by atoms with Crippen molar-refractivity contribution >= 4 is 17.5 Å². The topological polar surface area (TPSA) is 48.0 Å². The fourth-order valence-corrected chi connectivity index (χ4v) is 4.62. The molecule has 1 aliphatic rings. The maximum Gasteiger partial charge on any atom is 0.254 e. The van der Waals surface area contributed by atoms with Crippen molar-refractivity contribution in [1.82, 2.24) is 4.90 Å². The molecular formula is C27H28ClNO4. The van der Waals surface area contributed by atoms with E-state index in [0.717, 1.165) is 28.0 Å².